The van der Waals surface area contributed by atoms with Crippen LogP contribution < -0.4 is 4.74 Å². The Labute approximate surface area is 107 Å². The molecular weight excluding hydrogens is 286 g/mol. The van der Waals surface area contributed by atoms with Crippen LogP contribution in [0.15, 0.2) is 28.2 Å². The molecule has 16 heavy (non-hydrogen) atoms. The molecule has 0 aliphatic rings. The molecule has 2 rings (SSSR count). The number of halogens is 1. The minimum Gasteiger partial charge on any atom is -0.486 e. The maximum atomic E-state index is 5.69. The van der Waals surface area contributed by atoms with Gasteiger partial charge in [0, 0.05) is 16.0 Å². The van der Waals surface area contributed by atoms with Gasteiger partial charge in [-0.3, -0.25) is 0 Å². The van der Waals surface area contributed by atoms with Crippen molar-refractivity contribution in [2.75, 3.05) is 0 Å². The molecule has 2 aromatic rings. The molecule has 0 N–H and O–H groups in total. The molecule has 1 aromatic carbocycles. The lowest BCUT2D eigenvalue weighted by atomic mass is 10.1. The fourth-order valence-electron chi connectivity index (χ4n) is 1.46. The lowest BCUT2D eigenvalue weighted by Gasteiger charge is -2.08. The van der Waals surface area contributed by atoms with Gasteiger partial charge in [-0.15, -0.1) is 11.3 Å². The zero-order valence-electron chi connectivity index (χ0n) is 9.16. The van der Waals surface area contributed by atoms with Crippen molar-refractivity contribution in [1.29, 1.82) is 0 Å². The van der Waals surface area contributed by atoms with E-state index in [0.717, 1.165) is 15.2 Å². The summed E-state index contributed by atoms with van der Waals surface area (Å²) in [5.41, 5.74) is 2.38. The number of benzene rings is 1. The number of hydrogen-bond acceptors (Lipinski definition) is 3. The SMILES string of the molecule is Cc1cc(OCc2nccs2)cc(C)c1Br. The van der Waals surface area contributed by atoms with Crippen LogP contribution in [0, 0.1) is 13.8 Å². The van der Waals surface area contributed by atoms with E-state index in [1.807, 2.05) is 17.5 Å². The van der Waals surface area contributed by atoms with Gasteiger partial charge in [0.05, 0.1) is 0 Å². The molecule has 1 heterocycles. The van der Waals surface area contributed by atoms with Crippen LogP contribution in [0.25, 0.3) is 0 Å². The summed E-state index contributed by atoms with van der Waals surface area (Å²) in [4.78, 5) is 4.18. The lowest BCUT2D eigenvalue weighted by Crippen LogP contribution is -1.95. The topological polar surface area (TPSA) is 22.1 Å². The quantitative estimate of drug-likeness (QED) is 0.851. The summed E-state index contributed by atoms with van der Waals surface area (Å²) in [6.07, 6.45) is 1.79. The van der Waals surface area contributed by atoms with Crippen molar-refractivity contribution in [3.8, 4) is 5.75 Å². The second kappa shape index (κ2) is 4.97. The molecule has 0 saturated heterocycles. The van der Waals surface area contributed by atoms with E-state index in [2.05, 4.69) is 34.8 Å². The van der Waals surface area contributed by atoms with Crippen LogP contribution in [0.2, 0.25) is 0 Å². The third-order valence-electron chi connectivity index (χ3n) is 2.26. The molecule has 1 aromatic heterocycles. The van der Waals surface area contributed by atoms with Crippen molar-refractivity contribution in [3.63, 3.8) is 0 Å². The van der Waals surface area contributed by atoms with Crippen LogP contribution in [0.3, 0.4) is 0 Å². The molecule has 0 spiro atoms. The van der Waals surface area contributed by atoms with E-state index in [9.17, 15) is 0 Å². The van der Waals surface area contributed by atoms with E-state index < -0.39 is 0 Å². The van der Waals surface area contributed by atoms with Gasteiger partial charge in [0.1, 0.15) is 17.4 Å². The summed E-state index contributed by atoms with van der Waals surface area (Å²) in [5.74, 6) is 0.897. The summed E-state index contributed by atoms with van der Waals surface area (Å²) >= 11 is 5.15. The van der Waals surface area contributed by atoms with E-state index in [1.54, 1.807) is 17.5 Å². The third-order valence-corrected chi connectivity index (χ3v) is 4.26. The van der Waals surface area contributed by atoms with Gasteiger partial charge in [0.15, 0.2) is 0 Å². The van der Waals surface area contributed by atoms with Crippen molar-refractivity contribution < 1.29 is 4.74 Å². The number of rotatable bonds is 3. The van der Waals surface area contributed by atoms with E-state index in [4.69, 9.17) is 4.74 Å². The van der Waals surface area contributed by atoms with Crippen molar-refractivity contribution >= 4 is 27.3 Å². The first kappa shape index (κ1) is 11.6. The van der Waals surface area contributed by atoms with Gasteiger partial charge in [-0.2, -0.15) is 0 Å². The number of thiazole rings is 1. The Morgan fingerprint density at radius 3 is 2.56 bits per heavy atom. The fraction of sp³-hybridized carbons (Fsp3) is 0.250. The highest BCUT2D eigenvalue weighted by atomic mass is 79.9. The number of aryl methyl sites for hydroxylation is 2. The van der Waals surface area contributed by atoms with Gasteiger partial charge < -0.3 is 4.74 Å². The van der Waals surface area contributed by atoms with Gasteiger partial charge in [0.2, 0.25) is 0 Å². The molecule has 84 valence electrons. The summed E-state index contributed by atoms with van der Waals surface area (Å²) < 4.78 is 6.84. The summed E-state index contributed by atoms with van der Waals surface area (Å²) in [6.45, 7) is 4.67. The Bertz CT molecular complexity index is 459. The third kappa shape index (κ3) is 2.62. The molecule has 2 nitrogen and oxygen atoms in total. The smallest absolute Gasteiger partial charge is 0.140 e. The molecule has 0 aliphatic carbocycles. The standard InChI is InChI=1S/C12H12BrNOS/c1-8-5-10(6-9(2)12(8)13)15-7-11-14-3-4-16-11/h3-6H,7H2,1-2H3. The number of ether oxygens (including phenoxy) is 1. The molecule has 4 heteroatoms. The second-order valence-corrected chi connectivity index (χ2v) is 5.36. The molecule has 0 radical (unpaired) electrons. The Morgan fingerprint density at radius 1 is 1.31 bits per heavy atom. The van der Waals surface area contributed by atoms with Crippen LogP contribution in [0.4, 0.5) is 0 Å². The highest BCUT2D eigenvalue weighted by Crippen LogP contribution is 2.26. The van der Waals surface area contributed by atoms with Crippen LogP contribution >= 0.6 is 27.3 Å². The summed E-state index contributed by atoms with van der Waals surface area (Å²) in [5, 5.41) is 2.95. The normalized spacial score (nSPS) is 10.4. The number of nitrogens with zero attached hydrogens (tertiary/aromatic N) is 1. The van der Waals surface area contributed by atoms with Crippen LogP contribution in [-0.2, 0) is 6.61 Å². The maximum absolute atomic E-state index is 5.69. The van der Waals surface area contributed by atoms with E-state index >= 15 is 0 Å². The molecule has 0 amide bonds. The molecule has 0 fully saturated rings. The van der Waals surface area contributed by atoms with Crippen LogP contribution in [0.1, 0.15) is 16.1 Å². The second-order valence-electron chi connectivity index (χ2n) is 3.59. The van der Waals surface area contributed by atoms with Gasteiger partial charge in [-0.05, 0) is 37.1 Å². The molecule has 0 saturated carbocycles. The van der Waals surface area contributed by atoms with Gasteiger partial charge in [0.25, 0.3) is 0 Å². The van der Waals surface area contributed by atoms with Crippen molar-refractivity contribution in [3.05, 3.63) is 44.3 Å². The lowest BCUT2D eigenvalue weighted by molar-refractivity contribution is 0.305. The van der Waals surface area contributed by atoms with E-state index in [0.29, 0.717) is 6.61 Å². The zero-order chi connectivity index (χ0) is 11.5. The van der Waals surface area contributed by atoms with Crippen LogP contribution in [-0.4, -0.2) is 4.98 Å². The average Bonchev–Trinajstić information content (AvgIpc) is 2.75. The van der Waals surface area contributed by atoms with E-state index in [-0.39, 0.29) is 0 Å². The van der Waals surface area contributed by atoms with Gasteiger partial charge >= 0.3 is 0 Å². The monoisotopic (exact) mass is 297 g/mol. The fourth-order valence-corrected chi connectivity index (χ4v) is 2.22. The van der Waals surface area contributed by atoms with Crippen molar-refractivity contribution in [2.45, 2.75) is 20.5 Å². The molecule has 0 bridgehead atoms. The first-order valence-electron chi connectivity index (χ1n) is 4.95. The van der Waals surface area contributed by atoms with Gasteiger partial charge in [-0.25, -0.2) is 4.98 Å². The van der Waals surface area contributed by atoms with Crippen LogP contribution in [0.5, 0.6) is 5.75 Å². The Hall–Kier alpha value is -0.870. The predicted octanol–water partition coefficient (Wildman–Crippen LogP) is 4.10. The minimum atomic E-state index is 0.540. The first-order valence-corrected chi connectivity index (χ1v) is 6.62. The highest BCUT2D eigenvalue weighted by molar-refractivity contribution is 9.10. The zero-order valence-corrected chi connectivity index (χ0v) is 11.6. The van der Waals surface area contributed by atoms with Crippen molar-refractivity contribution in [2.24, 2.45) is 0 Å². The van der Waals surface area contributed by atoms with Gasteiger partial charge in [-0.1, -0.05) is 15.9 Å². The molecule has 0 atom stereocenters. The molecule has 0 unspecified atom stereocenters. The predicted molar refractivity (Wildman–Crippen MR) is 70.1 cm³/mol. The number of aromatic nitrogens is 1. The molecular formula is C12H12BrNOS. The minimum absolute atomic E-state index is 0.540. The first-order chi connectivity index (χ1) is 7.66. The largest absolute Gasteiger partial charge is 0.486 e. The Balaban J connectivity index is 2.10. The summed E-state index contributed by atoms with van der Waals surface area (Å²) in [7, 11) is 0. The number of hydrogen-bond donors (Lipinski definition) is 0. The highest BCUT2D eigenvalue weighted by Gasteiger charge is 2.04. The van der Waals surface area contributed by atoms with E-state index in [1.165, 1.54) is 11.1 Å². The maximum Gasteiger partial charge on any atom is 0.140 e. The average molecular weight is 298 g/mol. The van der Waals surface area contributed by atoms with Crippen molar-refractivity contribution in [1.82, 2.24) is 4.98 Å². The Morgan fingerprint density at radius 2 is 2.00 bits per heavy atom. The Kier molecular flexibility index (Phi) is 3.61. The summed E-state index contributed by atoms with van der Waals surface area (Å²) in [6, 6.07) is 4.06. The molecule has 0 aliphatic heterocycles.